The van der Waals surface area contributed by atoms with E-state index in [9.17, 15) is 25.2 Å². The molecular weight excluding hydrogens is 829 g/mol. The van der Waals surface area contributed by atoms with Crippen LogP contribution in [-0.4, -0.2) is 152 Å². The molecule has 7 fully saturated rings. The van der Waals surface area contributed by atoms with Crippen LogP contribution in [-0.2, 0) is 47.4 Å². The lowest BCUT2D eigenvalue weighted by Gasteiger charge is -2.65. The van der Waals surface area contributed by atoms with Gasteiger partial charge in [0.05, 0.1) is 53.9 Å². The molecule has 3 saturated heterocycles. The van der Waals surface area contributed by atoms with Gasteiger partial charge in [-0.05, 0) is 120 Å². The number of aliphatic hydroxyl groups excluding tert-OH is 3. The molecule has 4 N–H and O–H groups in total. The SMILES string of the molecule is CO[C@H]1[C@@H](O)[C@H](O[C@H]2[C@@H](OC)C[C@H](O[C@H]3[C@@H](OC)C[C@H](O[C@H]4CC[C@@]5(C)[C@@H](CC[C@@H]6[C@@H]5C[C@@H](OC(=O)c5ccccc5)[C@]5(C)[C@@H]([C@@H](C)O)CC[C@]65O)C4)O[C@@H]3C)O[C@@H]2C)O[C@H](C)[C@H]1O. The molecule has 64 heavy (non-hydrogen) atoms. The van der Waals surface area contributed by atoms with Gasteiger partial charge in [-0.15, -0.1) is 0 Å². The Kier molecular flexibility index (Phi) is 14.6. The number of carbonyl (C=O) groups excluding carboxylic acids is 1. The molecule has 0 radical (unpaired) electrons. The topological polar surface area (TPSA) is 190 Å². The number of hydrogen-bond donors (Lipinski definition) is 4. The standard InChI is InChI=1S/C49H76O15/c1-25(50)32-18-20-49(54)33-16-15-30-21-31(17-19-47(30,5)34(33)22-37(48(32,49)6)62-45(53)29-13-11-10-12-14-29)61-38-23-35(55-7)42(27(3)58-38)63-39-24-36(56-8)43(28(4)59-39)64-46-41(52)44(57-9)40(51)26(2)60-46/h10-14,25-28,30-44,46,50-52,54H,15-24H2,1-9H3/t25-,26-,27-,28-,30+,31+,32-,33-,34+,35+,36+,37-,38+,39+,40-,41-,42-,43-,44-,46+,47+,48+,49+/m1/s1. The lowest BCUT2D eigenvalue weighted by atomic mass is 9.42. The normalized spacial score (nSPS) is 49.9. The van der Waals surface area contributed by atoms with Crippen LogP contribution in [0.25, 0.3) is 0 Å². The summed E-state index contributed by atoms with van der Waals surface area (Å²) in [5, 5.41) is 45.4. The lowest BCUT2D eigenvalue weighted by Crippen LogP contribution is -2.68. The van der Waals surface area contributed by atoms with Crippen LogP contribution in [0.2, 0.25) is 0 Å². The third kappa shape index (κ3) is 8.64. The smallest absolute Gasteiger partial charge is 0.338 e. The van der Waals surface area contributed by atoms with Crippen molar-refractivity contribution >= 4 is 5.97 Å². The van der Waals surface area contributed by atoms with Crippen LogP contribution in [0.3, 0.4) is 0 Å². The summed E-state index contributed by atoms with van der Waals surface area (Å²) in [5.41, 5.74) is -1.44. The molecule has 1 aromatic carbocycles. The van der Waals surface area contributed by atoms with E-state index < -0.39 is 90.9 Å². The van der Waals surface area contributed by atoms with Crippen LogP contribution in [0.4, 0.5) is 0 Å². The Balaban J connectivity index is 0.889. The van der Waals surface area contributed by atoms with E-state index >= 15 is 0 Å². The zero-order chi connectivity index (χ0) is 45.9. The number of carbonyl (C=O) groups is 1. The molecule has 4 aliphatic carbocycles. The summed E-state index contributed by atoms with van der Waals surface area (Å²) < 4.78 is 62.2. The molecule has 15 heteroatoms. The summed E-state index contributed by atoms with van der Waals surface area (Å²) in [5.74, 6) is -0.0240. The molecular formula is C49H76O15. The van der Waals surface area contributed by atoms with Gasteiger partial charge in [0.1, 0.15) is 36.6 Å². The fourth-order valence-corrected chi connectivity index (χ4v) is 14.0. The third-order valence-electron chi connectivity index (χ3n) is 17.6. The fraction of sp³-hybridized carbons (Fsp3) is 0.857. The number of methoxy groups -OCH3 is 3. The Hall–Kier alpha value is -1.83. The van der Waals surface area contributed by atoms with Gasteiger partial charge in [-0.25, -0.2) is 4.79 Å². The van der Waals surface area contributed by atoms with Crippen LogP contribution >= 0.6 is 0 Å². The monoisotopic (exact) mass is 905 g/mol. The van der Waals surface area contributed by atoms with Crippen molar-refractivity contribution in [2.75, 3.05) is 21.3 Å². The molecule has 1 aromatic rings. The first-order valence-electron chi connectivity index (χ1n) is 24.0. The first-order chi connectivity index (χ1) is 30.5. The predicted molar refractivity (Wildman–Crippen MR) is 231 cm³/mol. The van der Waals surface area contributed by atoms with Crippen LogP contribution in [0, 0.1) is 34.5 Å². The number of aliphatic hydroxyl groups is 4. The van der Waals surface area contributed by atoms with Crippen LogP contribution < -0.4 is 0 Å². The van der Waals surface area contributed by atoms with Crippen molar-refractivity contribution in [1.82, 2.24) is 0 Å². The molecule has 3 heterocycles. The number of esters is 1. The predicted octanol–water partition coefficient (Wildman–Crippen LogP) is 4.91. The molecule has 362 valence electrons. The van der Waals surface area contributed by atoms with Crippen molar-refractivity contribution in [2.45, 2.75) is 210 Å². The zero-order valence-electron chi connectivity index (χ0n) is 39.3. The average Bonchev–Trinajstić information content (AvgIpc) is 3.56. The Morgan fingerprint density at radius 1 is 0.719 bits per heavy atom. The molecule has 0 amide bonds. The summed E-state index contributed by atoms with van der Waals surface area (Å²) >= 11 is 0. The van der Waals surface area contributed by atoms with Gasteiger partial charge in [-0.1, -0.05) is 32.0 Å². The maximum absolute atomic E-state index is 13.7. The second kappa shape index (κ2) is 19.3. The van der Waals surface area contributed by atoms with E-state index in [-0.39, 0.29) is 47.4 Å². The molecule has 0 bridgehead atoms. The Labute approximate surface area is 379 Å². The van der Waals surface area contributed by atoms with E-state index in [1.165, 1.54) is 7.11 Å². The van der Waals surface area contributed by atoms with Crippen molar-refractivity contribution in [3.8, 4) is 0 Å². The molecule has 23 atom stereocenters. The number of hydrogen-bond acceptors (Lipinski definition) is 15. The summed E-state index contributed by atoms with van der Waals surface area (Å²) in [4.78, 5) is 13.7. The zero-order valence-corrected chi connectivity index (χ0v) is 39.3. The fourth-order valence-electron chi connectivity index (χ4n) is 14.0. The van der Waals surface area contributed by atoms with Crippen molar-refractivity contribution in [2.24, 2.45) is 34.5 Å². The number of ether oxygens (including phenoxy) is 10. The quantitative estimate of drug-likeness (QED) is 0.163. The van der Waals surface area contributed by atoms with E-state index in [1.807, 2.05) is 39.0 Å². The van der Waals surface area contributed by atoms with Gasteiger partial charge in [-0.2, -0.15) is 0 Å². The van der Waals surface area contributed by atoms with Crippen molar-refractivity contribution in [1.29, 1.82) is 0 Å². The second-order valence-electron chi connectivity index (χ2n) is 20.8. The number of fused-ring (bicyclic) bond motifs is 5. The first kappa shape index (κ1) is 48.6. The first-order valence-corrected chi connectivity index (χ1v) is 24.0. The number of rotatable bonds is 12. The summed E-state index contributed by atoms with van der Waals surface area (Å²) in [6.07, 6.45) is -2.57. The molecule has 15 nitrogen and oxygen atoms in total. The van der Waals surface area contributed by atoms with E-state index in [2.05, 4.69) is 13.8 Å². The van der Waals surface area contributed by atoms with Crippen LogP contribution in [0.1, 0.15) is 116 Å². The molecule has 3 aliphatic heterocycles. The van der Waals surface area contributed by atoms with E-state index in [4.69, 9.17) is 47.4 Å². The van der Waals surface area contributed by atoms with Gasteiger partial charge in [-0.3, -0.25) is 0 Å². The minimum atomic E-state index is -1.22. The van der Waals surface area contributed by atoms with E-state index in [0.29, 0.717) is 43.6 Å². The van der Waals surface area contributed by atoms with Gasteiger partial charge >= 0.3 is 5.97 Å². The maximum Gasteiger partial charge on any atom is 0.338 e. The Morgan fingerprint density at radius 3 is 1.98 bits per heavy atom. The molecule has 4 saturated carbocycles. The highest BCUT2D eigenvalue weighted by atomic mass is 16.8. The largest absolute Gasteiger partial charge is 0.458 e. The highest BCUT2D eigenvalue weighted by Crippen LogP contribution is 2.70. The third-order valence-corrected chi connectivity index (χ3v) is 17.6. The molecule has 0 unspecified atom stereocenters. The number of benzene rings is 1. The van der Waals surface area contributed by atoms with Gasteiger partial charge in [0.25, 0.3) is 0 Å². The van der Waals surface area contributed by atoms with Gasteiger partial charge in [0, 0.05) is 39.6 Å². The van der Waals surface area contributed by atoms with Gasteiger partial charge in [0.15, 0.2) is 18.9 Å². The van der Waals surface area contributed by atoms with Crippen molar-refractivity contribution in [3.05, 3.63) is 35.9 Å². The van der Waals surface area contributed by atoms with E-state index in [0.717, 1.165) is 32.1 Å². The maximum atomic E-state index is 13.7. The Morgan fingerprint density at radius 2 is 1.36 bits per heavy atom. The van der Waals surface area contributed by atoms with Crippen molar-refractivity contribution in [3.63, 3.8) is 0 Å². The minimum absolute atomic E-state index is 0.0180. The van der Waals surface area contributed by atoms with Crippen molar-refractivity contribution < 1.29 is 72.6 Å². The molecule has 7 aliphatic rings. The minimum Gasteiger partial charge on any atom is -0.458 e. The highest BCUT2D eigenvalue weighted by molar-refractivity contribution is 5.89. The van der Waals surface area contributed by atoms with Crippen LogP contribution in [0.15, 0.2) is 30.3 Å². The molecule has 0 aromatic heterocycles. The van der Waals surface area contributed by atoms with Gasteiger partial charge in [0.2, 0.25) is 0 Å². The average molecular weight is 905 g/mol. The summed E-state index contributed by atoms with van der Waals surface area (Å²) in [6, 6.07) is 9.08. The second-order valence-corrected chi connectivity index (χ2v) is 20.8. The lowest BCUT2D eigenvalue weighted by molar-refractivity contribution is -0.352. The van der Waals surface area contributed by atoms with Crippen LogP contribution in [0.5, 0.6) is 0 Å². The highest BCUT2D eigenvalue weighted by Gasteiger charge is 2.72. The van der Waals surface area contributed by atoms with Gasteiger partial charge < -0.3 is 67.8 Å². The van der Waals surface area contributed by atoms with E-state index in [1.54, 1.807) is 33.3 Å². The summed E-state index contributed by atoms with van der Waals surface area (Å²) in [7, 11) is 4.70. The molecule has 8 rings (SSSR count). The molecule has 0 spiro atoms. The Bertz CT molecular complexity index is 1720. The summed E-state index contributed by atoms with van der Waals surface area (Å²) in [6.45, 7) is 11.8.